The topological polar surface area (TPSA) is 131 Å². The Bertz CT molecular complexity index is 1260. The fraction of sp³-hybridized carbons (Fsp3) is 0.480. The van der Waals surface area contributed by atoms with Gasteiger partial charge in [0.1, 0.15) is 17.4 Å². The summed E-state index contributed by atoms with van der Waals surface area (Å²) in [5.74, 6) is -7.46. The van der Waals surface area contributed by atoms with Crippen molar-refractivity contribution in [2.24, 2.45) is 10.9 Å². The lowest BCUT2D eigenvalue weighted by Crippen LogP contribution is -2.66. The Morgan fingerprint density at radius 3 is 2.55 bits per heavy atom. The van der Waals surface area contributed by atoms with Gasteiger partial charge in [-0.05, 0) is 36.5 Å². The van der Waals surface area contributed by atoms with Crippen LogP contribution in [0.2, 0.25) is 0 Å². The highest BCUT2D eigenvalue weighted by molar-refractivity contribution is 6.37. The van der Waals surface area contributed by atoms with Crippen molar-refractivity contribution in [3.8, 4) is 0 Å². The van der Waals surface area contributed by atoms with Crippen LogP contribution in [0.1, 0.15) is 31.2 Å². The number of ketones is 1. The average molecular weight is 534 g/mol. The maximum absolute atomic E-state index is 13.6. The van der Waals surface area contributed by atoms with Crippen LogP contribution in [0.5, 0.6) is 0 Å². The molecule has 0 spiro atoms. The van der Waals surface area contributed by atoms with Gasteiger partial charge >= 0.3 is 11.8 Å². The minimum Gasteiger partial charge on any atom is -0.508 e. The minimum atomic E-state index is -3.09. The summed E-state index contributed by atoms with van der Waals surface area (Å²) in [4.78, 5) is 58.6. The summed E-state index contributed by atoms with van der Waals surface area (Å²) in [6.07, 6.45) is 0.133. The van der Waals surface area contributed by atoms with Gasteiger partial charge in [-0.2, -0.15) is 0 Å². The quantitative estimate of drug-likeness (QED) is 0.496. The lowest BCUT2D eigenvalue weighted by molar-refractivity contribution is -0.147. The molecule has 0 radical (unpaired) electrons. The number of fused-ring (bicyclic) bond motifs is 2. The SMILES string of the molecule is O=C(NC12CCC(CC1=O)CN1CC(O)=C(C(=O)NCc3ccc(F)cc3)N=C12)C(=O)N1CCC(F)(F)C1. The molecule has 13 heteroatoms. The molecule has 4 heterocycles. The first-order valence-corrected chi connectivity index (χ1v) is 12.3. The van der Waals surface area contributed by atoms with Gasteiger partial charge in [0, 0.05) is 32.5 Å². The minimum absolute atomic E-state index is 0.0162. The molecule has 3 saturated heterocycles. The highest BCUT2D eigenvalue weighted by Gasteiger charge is 2.55. The fourth-order valence-electron chi connectivity index (χ4n) is 5.43. The highest BCUT2D eigenvalue weighted by atomic mass is 19.3. The van der Waals surface area contributed by atoms with E-state index in [1.165, 1.54) is 24.3 Å². The van der Waals surface area contributed by atoms with E-state index in [9.17, 15) is 37.5 Å². The second kappa shape index (κ2) is 9.44. The number of likely N-dealkylation sites (tertiary alicyclic amines) is 1. The van der Waals surface area contributed by atoms with Crippen LogP contribution >= 0.6 is 0 Å². The number of halogens is 3. The molecule has 1 aromatic rings. The molecule has 2 bridgehead atoms. The summed E-state index contributed by atoms with van der Waals surface area (Å²) in [7, 11) is 0. The number of aliphatic hydroxyl groups excluding tert-OH is 1. The first-order chi connectivity index (χ1) is 18.0. The number of aliphatic imine (C=N–C) groups is 1. The molecule has 6 rings (SSSR count). The van der Waals surface area contributed by atoms with Crippen molar-refractivity contribution in [2.75, 3.05) is 26.2 Å². The number of amides is 3. The molecule has 4 aliphatic heterocycles. The smallest absolute Gasteiger partial charge is 0.312 e. The van der Waals surface area contributed by atoms with E-state index < -0.39 is 53.7 Å². The third kappa shape index (κ3) is 4.72. The first kappa shape index (κ1) is 25.7. The number of hydrogen-bond acceptors (Lipinski definition) is 7. The van der Waals surface area contributed by atoms with Gasteiger partial charge in [-0.15, -0.1) is 0 Å². The Hall–Kier alpha value is -3.90. The van der Waals surface area contributed by atoms with E-state index in [1.54, 1.807) is 4.90 Å². The van der Waals surface area contributed by atoms with Crippen molar-refractivity contribution in [2.45, 2.75) is 43.7 Å². The van der Waals surface area contributed by atoms with Gasteiger partial charge in [-0.3, -0.25) is 19.2 Å². The maximum atomic E-state index is 13.6. The van der Waals surface area contributed by atoms with Crippen LogP contribution in [0, 0.1) is 11.7 Å². The molecule has 1 saturated carbocycles. The van der Waals surface area contributed by atoms with Crippen LogP contribution in [0.3, 0.4) is 0 Å². The standard InChI is InChI=1S/C25H26F3N5O5/c26-16-3-1-14(2-4-16)10-29-20(36)19-17(34)12-33-11-15-5-6-25(18(35)9-15,23(33)30-19)31-21(37)22(38)32-8-7-24(27,28)13-32/h1-4,15,34H,5-13H2,(H,29,36)(H,31,37). The third-order valence-electron chi connectivity index (χ3n) is 7.43. The van der Waals surface area contributed by atoms with Gasteiger partial charge in [-0.25, -0.2) is 18.2 Å². The van der Waals surface area contributed by atoms with E-state index in [0.717, 1.165) is 4.90 Å². The molecule has 10 nitrogen and oxygen atoms in total. The fourth-order valence-corrected chi connectivity index (χ4v) is 5.43. The van der Waals surface area contributed by atoms with Crippen LogP contribution in [0.4, 0.5) is 13.2 Å². The lowest BCUT2D eigenvalue weighted by atomic mass is 9.76. The van der Waals surface area contributed by atoms with E-state index in [-0.39, 0.29) is 55.7 Å². The Morgan fingerprint density at radius 1 is 1.16 bits per heavy atom. The van der Waals surface area contributed by atoms with Gasteiger partial charge in [0.05, 0.1) is 13.1 Å². The Labute approximate surface area is 215 Å². The zero-order chi connectivity index (χ0) is 27.2. The molecule has 38 heavy (non-hydrogen) atoms. The van der Waals surface area contributed by atoms with Crippen molar-refractivity contribution in [1.29, 1.82) is 0 Å². The molecule has 4 fully saturated rings. The number of Topliss-reactive ketones (excluding diaryl/α,β-unsaturated/α-hetero) is 1. The number of nitrogens with one attached hydrogen (secondary N) is 2. The Morgan fingerprint density at radius 2 is 1.89 bits per heavy atom. The van der Waals surface area contributed by atoms with Crippen molar-refractivity contribution in [3.05, 3.63) is 47.1 Å². The number of aliphatic hydroxyl groups is 1. The molecule has 3 N–H and O–H groups in total. The van der Waals surface area contributed by atoms with Gasteiger partial charge in [0.25, 0.3) is 11.8 Å². The number of carbonyl (C=O) groups excluding carboxylic acids is 4. The van der Waals surface area contributed by atoms with E-state index >= 15 is 0 Å². The number of alkyl halides is 2. The third-order valence-corrected chi connectivity index (χ3v) is 7.43. The molecule has 0 aromatic heterocycles. The number of hydrogen-bond donors (Lipinski definition) is 3. The molecule has 5 aliphatic rings. The van der Waals surface area contributed by atoms with Gasteiger partial charge < -0.3 is 25.5 Å². The molecule has 1 aliphatic carbocycles. The molecule has 3 amide bonds. The van der Waals surface area contributed by atoms with Crippen LogP contribution in [-0.2, 0) is 25.7 Å². The highest BCUT2D eigenvalue weighted by Crippen LogP contribution is 2.38. The molecule has 202 valence electrons. The zero-order valence-electron chi connectivity index (χ0n) is 20.3. The monoisotopic (exact) mass is 533 g/mol. The van der Waals surface area contributed by atoms with Crippen LogP contribution in [0.25, 0.3) is 0 Å². The number of nitrogens with zero attached hydrogens (tertiary/aromatic N) is 3. The summed E-state index contributed by atoms with van der Waals surface area (Å²) in [5.41, 5.74) is -1.50. The van der Waals surface area contributed by atoms with Gasteiger partial charge in [0.15, 0.2) is 17.0 Å². The molecule has 2 unspecified atom stereocenters. The van der Waals surface area contributed by atoms with Crippen molar-refractivity contribution in [3.63, 3.8) is 0 Å². The summed E-state index contributed by atoms with van der Waals surface area (Å²) in [6, 6.07) is 5.45. The van der Waals surface area contributed by atoms with Crippen molar-refractivity contribution < 1.29 is 37.5 Å². The maximum Gasteiger partial charge on any atom is 0.312 e. The summed E-state index contributed by atoms with van der Waals surface area (Å²) in [5, 5.41) is 15.7. The van der Waals surface area contributed by atoms with Gasteiger partial charge in [0.2, 0.25) is 0 Å². The van der Waals surface area contributed by atoms with E-state index in [2.05, 4.69) is 15.6 Å². The molecular weight excluding hydrogens is 507 g/mol. The number of rotatable bonds is 4. The zero-order valence-corrected chi connectivity index (χ0v) is 20.3. The molecule has 2 atom stereocenters. The van der Waals surface area contributed by atoms with Crippen LogP contribution in [-0.4, -0.2) is 81.9 Å². The Kier molecular flexibility index (Phi) is 6.40. The Balaban J connectivity index is 1.40. The lowest BCUT2D eigenvalue weighted by Gasteiger charge is -2.39. The number of carbonyl (C=O) groups is 4. The molecule has 1 aromatic carbocycles. The predicted molar refractivity (Wildman–Crippen MR) is 126 cm³/mol. The van der Waals surface area contributed by atoms with Gasteiger partial charge in [-0.1, -0.05) is 12.1 Å². The molecular formula is C25H26F3N5O5. The summed E-state index contributed by atoms with van der Waals surface area (Å²) < 4.78 is 40.4. The van der Waals surface area contributed by atoms with Crippen LogP contribution in [0.15, 0.2) is 40.7 Å². The normalized spacial score (nSPS) is 26.0. The van der Waals surface area contributed by atoms with E-state index in [0.29, 0.717) is 18.5 Å². The average Bonchev–Trinajstić information content (AvgIpc) is 3.11. The van der Waals surface area contributed by atoms with Crippen molar-refractivity contribution in [1.82, 2.24) is 20.4 Å². The first-order valence-electron chi connectivity index (χ1n) is 12.3. The second-order valence-corrected chi connectivity index (χ2v) is 10.1. The van der Waals surface area contributed by atoms with Crippen molar-refractivity contribution >= 4 is 29.3 Å². The largest absolute Gasteiger partial charge is 0.508 e. The van der Waals surface area contributed by atoms with E-state index in [4.69, 9.17) is 0 Å². The number of benzene rings is 1. The summed E-state index contributed by atoms with van der Waals surface area (Å²) in [6.45, 7) is -0.966. The van der Waals surface area contributed by atoms with Crippen LogP contribution < -0.4 is 10.6 Å². The second-order valence-electron chi connectivity index (χ2n) is 10.1. The predicted octanol–water partition coefficient (Wildman–Crippen LogP) is 1.03. The van der Waals surface area contributed by atoms with E-state index in [1.807, 2.05) is 0 Å². The summed E-state index contributed by atoms with van der Waals surface area (Å²) >= 11 is 0. The number of amidine groups is 1.